The van der Waals surface area contributed by atoms with Crippen molar-refractivity contribution in [3.63, 3.8) is 0 Å². The number of halogens is 1. The fourth-order valence-electron chi connectivity index (χ4n) is 4.96. The van der Waals surface area contributed by atoms with Crippen LogP contribution in [0.5, 0.6) is 0 Å². The smallest absolute Gasteiger partial charge is 0.342 e. The maximum atomic E-state index is 14.0. The molecule has 0 spiro atoms. The van der Waals surface area contributed by atoms with Crippen LogP contribution in [0.15, 0.2) is 51.7 Å². The largest absolute Gasteiger partial charge is 0.462 e. The second-order valence-corrected chi connectivity index (χ2v) is 10.7. The SMILES string of the molecule is CCOC(=O)c1c(C)oc2c1c(=O)n(-c1ccc(C)c(Cl)c1)c1nnc(C(C)c3ccc(CC(C)C)cc3)n21. The molecule has 0 radical (unpaired) electrons. The maximum Gasteiger partial charge on any atom is 0.342 e. The summed E-state index contributed by atoms with van der Waals surface area (Å²) in [4.78, 5) is 27.0. The number of carbonyl (C=O) groups excluding carboxylic acids is 1. The van der Waals surface area contributed by atoms with Gasteiger partial charge in [0.2, 0.25) is 11.5 Å². The van der Waals surface area contributed by atoms with E-state index >= 15 is 0 Å². The van der Waals surface area contributed by atoms with Crippen LogP contribution in [0.25, 0.3) is 22.6 Å². The van der Waals surface area contributed by atoms with E-state index in [9.17, 15) is 9.59 Å². The zero-order chi connectivity index (χ0) is 28.0. The highest BCUT2D eigenvalue weighted by molar-refractivity contribution is 6.31. The number of rotatable bonds is 7. The summed E-state index contributed by atoms with van der Waals surface area (Å²) in [6.07, 6.45) is 0.997. The zero-order valence-electron chi connectivity index (χ0n) is 22.9. The first-order chi connectivity index (χ1) is 18.6. The van der Waals surface area contributed by atoms with Crippen molar-refractivity contribution >= 4 is 34.4 Å². The Morgan fingerprint density at radius 1 is 1.08 bits per heavy atom. The third kappa shape index (κ3) is 4.63. The predicted molar refractivity (Wildman–Crippen MR) is 151 cm³/mol. The molecule has 0 fully saturated rings. The van der Waals surface area contributed by atoms with Gasteiger partial charge in [-0.1, -0.05) is 62.7 Å². The molecule has 0 bridgehead atoms. The molecule has 2 aromatic carbocycles. The maximum absolute atomic E-state index is 14.0. The van der Waals surface area contributed by atoms with E-state index < -0.39 is 11.5 Å². The Labute approximate surface area is 231 Å². The Hall–Kier alpha value is -3.91. The van der Waals surface area contributed by atoms with E-state index in [2.05, 4.69) is 48.3 Å². The van der Waals surface area contributed by atoms with E-state index in [0.29, 0.717) is 22.5 Å². The first-order valence-corrected chi connectivity index (χ1v) is 13.5. The van der Waals surface area contributed by atoms with Crippen molar-refractivity contribution in [1.29, 1.82) is 0 Å². The van der Waals surface area contributed by atoms with Crippen molar-refractivity contribution in [3.05, 3.63) is 91.7 Å². The number of nitrogens with zero attached hydrogens (tertiary/aromatic N) is 4. The van der Waals surface area contributed by atoms with Crippen molar-refractivity contribution in [2.45, 2.75) is 53.9 Å². The second kappa shape index (κ2) is 10.3. The quantitative estimate of drug-likeness (QED) is 0.219. The van der Waals surface area contributed by atoms with Crippen molar-refractivity contribution < 1.29 is 13.9 Å². The Bertz CT molecular complexity index is 1760. The molecule has 0 amide bonds. The summed E-state index contributed by atoms with van der Waals surface area (Å²) < 4.78 is 14.5. The van der Waals surface area contributed by atoms with Gasteiger partial charge >= 0.3 is 5.97 Å². The monoisotopic (exact) mass is 546 g/mol. The molecular formula is C30H31ClN4O4. The highest BCUT2D eigenvalue weighted by Gasteiger charge is 2.30. The third-order valence-electron chi connectivity index (χ3n) is 6.96. The summed E-state index contributed by atoms with van der Waals surface area (Å²) in [7, 11) is 0. The molecule has 1 unspecified atom stereocenters. The number of aromatic nitrogens is 4. The molecule has 0 saturated heterocycles. The zero-order valence-corrected chi connectivity index (χ0v) is 23.7. The molecule has 202 valence electrons. The van der Waals surface area contributed by atoms with Crippen LogP contribution < -0.4 is 5.56 Å². The number of carbonyl (C=O) groups is 1. The first kappa shape index (κ1) is 26.7. The molecule has 0 saturated carbocycles. The average Bonchev–Trinajstić information content (AvgIpc) is 3.47. The molecule has 0 N–H and O–H groups in total. The van der Waals surface area contributed by atoms with Crippen molar-refractivity contribution in [2.75, 3.05) is 6.61 Å². The van der Waals surface area contributed by atoms with Crippen LogP contribution in [0, 0.1) is 19.8 Å². The number of esters is 1. The molecule has 39 heavy (non-hydrogen) atoms. The highest BCUT2D eigenvalue weighted by Crippen LogP contribution is 2.31. The Morgan fingerprint density at radius 3 is 2.44 bits per heavy atom. The van der Waals surface area contributed by atoms with Gasteiger partial charge in [0.25, 0.3) is 5.56 Å². The summed E-state index contributed by atoms with van der Waals surface area (Å²) in [6.45, 7) is 11.8. The van der Waals surface area contributed by atoms with Crippen LogP contribution >= 0.6 is 11.6 Å². The molecule has 5 aromatic rings. The van der Waals surface area contributed by atoms with E-state index in [1.165, 1.54) is 10.1 Å². The van der Waals surface area contributed by atoms with Crippen LogP contribution in [0.3, 0.4) is 0 Å². The average molecular weight is 547 g/mol. The van der Waals surface area contributed by atoms with E-state index in [4.69, 9.17) is 20.8 Å². The fraction of sp³-hybridized carbons (Fsp3) is 0.333. The van der Waals surface area contributed by atoms with Crippen molar-refractivity contribution in [3.8, 4) is 5.69 Å². The highest BCUT2D eigenvalue weighted by atomic mass is 35.5. The van der Waals surface area contributed by atoms with Crippen LogP contribution in [0.2, 0.25) is 5.02 Å². The molecule has 0 aliphatic carbocycles. The van der Waals surface area contributed by atoms with Gasteiger partial charge in [0.15, 0.2) is 0 Å². The van der Waals surface area contributed by atoms with Gasteiger partial charge in [-0.2, -0.15) is 0 Å². The number of benzene rings is 2. The molecule has 3 aromatic heterocycles. The standard InChI is InChI=1S/C30H31ClN4O4/c1-7-38-29(37)24-19(6)39-28-25(24)27(36)34(22-13-8-17(4)23(31)15-22)30-33-32-26(35(28)30)18(5)21-11-9-20(10-12-21)14-16(2)3/h8-13,15-16,18H,7,14H2,1-6H3. The Balaban J connectivity index is 1.80. The van der Waals surface area contributed by atoms with Gasteiger partial charge in [0.05, 0.1) is 12.3 Å². The van der Waals surface area contributed by atoms with Gasteiger partial charge in [0.1, 0.15) is 22.5 Å². The van der Waals surface area contributed by atoms with Crippen LogP contribution in [-0.4, -0.2) is 31.7 Å². The minimum atomic E-state index is -0.623. The summed E-state index contributed by atoms with van der Waals surface area (Å²) in [6, 6.07) is 13.8. The van der Waals surface area contributed by atoms with E-state index in [0.717, 1.165) is 17.5 Å². The van der Waals surface area contributed by atoms with Gasteiger partial charge in [0, 0.05) is 10.9 Å². The molecule has 1 atom stereocenters. The summed E-state index contributed by atoms with van der Waals surface area (Å²) in [5, 5.41) is 9.57. The number of aryl methyl sites for hydroxylation is 2. The Kier molecular flexibility index (Phi) is 7.07. The van der Waals surface area contributed by atoms with E-state index in [1.54, 1.807) is 30.4 Å². The number of fused-ring (bicyclic) bond motifs is 3. The number of furan rings is 1. The lowest BCUT2D eigenvalue weighted by molar-refractivity contribution is 0.0526. The van der Waals surface area contributed by atoms with Gasteiger partial charge in [-0.15, -0.1) is 10.2 Å². The molecule has 0 aliphatic heterocycles. The summed E-state index contributed by atoms with van der Waals surface area (Å²) in [5.41, 5.74) is 3.50. The van der Waals surface area contributed by atoms with Gasteiger partial charge < -0.3 is 9.15 Å². The second-order valence-electron chi connectivity index (χ2n) is 10.3. The lowest BCUT2D eigenvalue weighted by atomic mass is 9.96. The summed E-state index contributed by atoms with van der Waals surface area (Å²) >= 11 is 6.44. The topological polar surface area (TPSA) is 91.6 Å². The van der Waals surface area contributed by atoms with Gasteiger partial charge in [-0.05, 0) is 61.9 Å². The minimum absolute atomic E-state index is 0.0936. The molecular weight excluding hydrogens is 516 g/mol. The van der Waals surface area contributed by atoms with Crippen molar-refractivity contribution in [2.24, 2.45) is 5.92 Å². The minimum Gasteiger partial charge on any atom is -0.462 e. The molecule has 5 rings (SSSR count). The molecule has 3 heterocycles. The van der Waals surface area contributed by atoms with Crippen LogP contribution in [-0.2, 0) is 11.2 Å². The number of ether oxygens (including phenoxy) is 1. The fourth-order valence-corrected chi connectivity index (χ4v) is 5.14. The van der Waals surface area contributed by atoms with Gasteiger partial charge in [-0.3, -0.25) is 4.79 Å². The van der Waals surface area contributed by atoms with E-state index in [-0.39, 0.29) is 40.7 Å². The number of hydrogen-bond acceptors (Lipinski definition) is 6. The van der Waals surface area contributed by atoms with E-state index in [1.807, 2.05) is 19.9 Å². The summed E-state index contributed by atoms with van der Waals surface area (Å²) in [5.74, 6) is 0.858. The van der Waals surface area contributed by atoms with Crippen LogP contribution in [0.1, 0.15) is 72.2 Å². The lowest BCUT2D eigenvalue weighted by Gasteiger charge is -2.14. The third-order valence-corrected chi connectivity index (χ3v) is 7.37. The molecule has 8 nitrogen and oxygen atoms in total. The van der Waals surface area contributed by atoms with Gasteiger partial charge in [-0.25, -0.2) is 13.8 Å². The molecule has 0 aliphatic rings. The first-order valence-electron chi connectivity index (χ1n) is 13.1. The Morgan fingerprint density at radius 2 is 1.79 bits per heavy atom. The number of hydrogen-bond donors (Lipinski definition) is 0. The molecule has 9 heteroatoms. The van der Waals surface area contributed by atoms with Crippen LogP contribution in [0.4, 0.5) is 0 Å². The lowest BCUT2D eigenvalue weighted by Crippen LogP contribution is -2.23. The van der Waals surface area contributed by atoms with Crippen molar-refractivity contribution in [1.82, 2.24) is 19.2 Å². The predicted octanol–water partition coefficient (Wildman–Crippen LogP) is 6.42. The normalized spacial score (nSPS) is 12.5.